The summed E-state index contributed by atoms with van der Waals surface area (Å²) in [6, 6.07) is 9.77. The Morgan fingerprint density at radius 1 is 1.14 bits per heavy atom. The van der Waals surface area contributed by atoms with Crippen LogP contribution in [0.15, 0.2) is 41.4 Å². The van der Waals surface area contributed by atoms with Gasteiger partial charge in [-0.05, 0) is 54.7 Å². The van der Waals surface area contributed by atoms with E-state index < -0.39 is 0 Å². The van der Waals surface area contributed by atoms with Crippen molar-refractivity contribution >= 4 is 5.96 Å². The summed E-state index contributed by atoms with van der Waals surface area (Å²) in [5.74, 6) is 0.885. The maximum absolute atomic E-state index is 13.9. The molecular formula is C22H25F2N3O2. The summed E-state index contributed by atoms with van der Waals surface area (Å²) in [5.41, 5.74) is 2.53. The second-order valence-electron chi connectivity index (χ2n) is 7.56. The molecule has 2 N–H and O–H groups in total. The van der Waals surface area contributed by atoms with Crippen LogP contribution in [-0.2, 0) is 23.2 Å². The summed E-state index contributed by atoms with van der Waals surface area (Å²) in [5, 5.41) is 6.60. The van der Waals surface area contributed by atoms with Gasteiger partial charge in [-0.2, -0.15) is 0 Å². The van der Waals surface area contributed by atoms with Crippen LogP contribution in [0, 0.1) is 11.6 Å². The lowest BCUT2D eigenvalue weighted by atomic mass is 9.96. The molecule has 0 amide bonds. The smallest absolute Gasteiger partial charge is 0.191 e. The maximum Gasteiger partial charge on any atom is 0.191 e. The Morgan fingerprint density at radius 2 is 2.00 bits per heavy atom. The molecule has 1 heterocycles. The number of benzene rings is 2. The third-order valence-electron chi connectivity index (χ3n) is 5.55. The Labute approximate surface area is 169 Å². The van der Waals surface area contributed by atoms with E-state index in [1.54, 1.807) is 19.2 Å². The predicted molar refractivity (Wildman–Crippen MR) is 107 cm³/mol. The Hall–Kier alpha value is -2.67. The highest BCUT2D eigenvalue weighted by Gasteiger charge is 2.44. The molecule has 1 aliphatic heterocycles. The summed E-state index contributed by atoms with van der Waals surface area (Å²) >= 11 is 0. The van der Waals surface area contributed by atoms with Crippen molar-refractivity contribution in [2.75, 3.05) is 26.9 Å². The molecular weight excluding hydrogens is 376 g/mol. The molecule has 0 spiro atoms. The lowest BCUT2D eigenvalue weighted by molar-refractivity contribution is -0.0172. The molecule has 0 saturated heterocycles. The quantitative estimate of drug-likeness (QED) is 0.576. The van der Waals surface area contributed by atoms with Gasteiger partial charge in [0.25, 0.3) is 0 Å². The zero-order valence-corrected chi connectivity index (χ0v) is 16.4. The minimum Gasteiger partial charge on any atom is -0.467 e. The summed E-state index contributed by atoms with van der Waals surface area (Å²) < 4.78 is 38.2. The molecule has 2 aliphatic rings. The average Bonchev–Trinajstić information content (AvgIpc) is 3.51. The summed E-state index contributed by atoms with van der Waals surface area (Å²) in [7, 11) is 1.71. The number of nitrogens with zero attached hydrogens (tertiary/aromatic N) is 1. The zero-order chi connectivity index (χ0) is 20.3. The molecule has 4 rings (SSSR count). The van der Waals surface area contributed by atoms with Gasteiger partial charge in [0, 0.05) is 31.1 Å². The lowest BCUT2D eigenvalue weighted by Crippen LogP contribution is -2.42. The van der Waals surface area contributed by atoms with Crippen molar-refractivity contribution in [1.29, 1.82) is 0 Å². The van der Waals surface area contributed by atoms with Crippen LogP contribution in [0.1, 0.15) is 29.5 Å². The molecule has 5 nitrogen and oxygen atoms in total. The van der Waals surface area contributed by atoms with E-state index in [1.807, 2.05) is 6.07 Å². The predicted octanol–water partition coefficient (Wildman–Crippen LogP) is 3.27. The molecule has 1 saturated carbocycles. The van der Waals surface area contributed by atoms with Crippen LogP contribution >= 0.6 is 0 Å². The molecule has 0 aromatic heterocycles. The first kappa shape index (κ1) is 19.6. The van der Waals surface area contributed by atoms with Crippen LogP contribution < -0.4 is 15.4 Å². The van der Waals surface area contributed by atoms with Crippen molar-refractivity contribution in [3.8, 4) is 5.75 Å². The van der Waals surface area contributed by atoms with Gasteiger partial charge < -0.3 is 20.1 Å². The molecule has 0 atom stereocenters. The molecule has 1 fully saturated rings. The number of guanidine groups is 1. The van der Waals surface area contributed by atoms with Crippen LogP contribution in [-0.4, -0.2) is 32.9 Å². The monoisotopic (exact) mass is 401 g/mol. The molecule has 0 unspecified atom stereocenters. The highest BCUT2D eigenvalue weighted by Crippen LogP contribution is 2.47. The van der Waals surface area contributed by atoms with E-state index in [0.29, 0.717) is 37.8 Å². The second-order valence-corrected chi connectivity index (χ2v) is 7.56. The molecule has 7 heteroatoms. The standard InChI is InChI=1S/C22H25F2N3O2/c1-25-21(27-13-22(6-7-22)17-3-2-4-18(23)11-17)26-8-5-15-9-19(24)10-16-12-28-14-29-20(15)16/h2-4,9-11H,5-8,12-14H2,1H3,(H2,25,26,27). The molecule has 0 radical (unpaired) electrons. The Bertz CT molecular complexity index is 913. The fraction of sp³-hybridized carbons (Fsp3) is 0.409. The highest BCUT2D eigenvalue weighted by atomic mass is 19.1. The third kappa shape index (κ3) is 4.50. The fourth-order valence-electron chi connectivity index (χ4n) is 3.77. The Kier molecular flexibility index (Phi) is 5.67. The van der Waals surface area contributed by atoms with E-state index in [1.165, 1.54) is 18.2 Å². The van der Waals surface area contributed by atoms with Gasteiger partial charge in [-0.3, -0.25) is 4.99 Å². The Morgan fingerprint density at radius 3 is 2.76 bits per heavy atom. The molecule has 1 aliphatic carbocycles. The molecule has 29 heavy (non-hydrogen) atoms. The van der Waals surface area contributed by atoms with E-state index in [0.717, 1.165) is 29.5 Å². The van der Waals surface area contributed by atoms with Gasteiger partial charge in [0.05, 0.1) is 6.61 Å². The number of ether oxygens (including phenoxy) is 2. The zero-order valence-electron chi connectivity index (χ0n) is 16.4. The first-order valence-electron chi connectivity index (χ1n) is 9.82. The minimum atomic E-state index is -0.291. The van der Waals surface area contributed by atoms with Gasteiger partial charge in [-0.15, -0.1) is 0 Å². The van der Waals surface area contributed by atoms with Gasteiger partial charge >= 0.3 is 0 Å². The van der Waals surface area contributed by atoms with E-state index in [-0.39, 0.29) is 23.8 Å². The van der Waals surface area contributed by atoms with Crippen molar-refractivity contribution in [2.45, 2.75) is 31.3 Å². The summed E-state index contributed by atoms with van der Waals surface area (Å²) in [6.07, 6.45) is 2.64. The first-order valence-corrected chi connectivity index (χ1v) is 9.82. The van der Waals surface area contributed by atoms with Crippen LogP contribution in [0.4, 0.5) is 8.78 Å². The second kappa shape index (κ2) is 8.37. The highest BCUT2D eigenvalue weighted by molar-refractivity contribution is 5.79. The number of fused-ring (bicyclic) bond motifs is 1. The van der Waals surface area contributed by atoms with Crippen LogP contribution in [0.25, 0.3) is 0 Å². The van der Waals surface area contributed by atoms with E-state index in [4.69, 9.17) is 9.47 Å². The summed E-state index contributed by atoms with van der Waals surface area (Å²) in [6.45, 7) is 1.81. The minimum absolute atomic E-state index is 0.0325. The van der Waals surface area contributed by atoms with Crippen LogP contribution in [0.5, 0.6) is 5.75 Å². The fourth-order valence-corrected chi connectivity index (χ4v) is 3.77. The largest absolute Gasteiger partial charge is 0.467 e. The number of hydrogen-bond acceptors (Lipinski definition) is 3. The van der Waals surface area contributed by atoms with E-state index in [2.05, 4.69) is 15.6 Å². The molecule has 2 aromatic rings. The molecule has 2 aromatic carbocycles. The normalized spacial score (nSPS) is 17.3. The van der Waals surface area contributed by atoms with Gasteiger partial charge in [0.15, 0.2) is 12.8 Å². The van der Waals surface area contributed by atoms with Crippen molar-refractivity contribution < 1.29 is 18.3 Å². The Balaban J connectivity index is 1.32. The average molecular weight is 401 g/mol. The SMILES string of the molecule is CN=C(NCCc1cc(F)cc2c1OCOC2)NCC1(c2cccc(F)c2)CC1. The van der Waals surface area contributed by atoms with E-state index in [9.17, 15) is 8.78 Å². The maximum atomic E-state index is 13.9. The van der Waals surface area contributed by atoms with Crippen molar-refractivity contribution in [1.82, 2.24) is 10.6 Å². The first-order chi connectivity index (χ1) is 14.1. The molecule has 0 bridgehead atoms. The van der Waals surface area contributed by atoms with Crippen LogP contribution in [0.3, 0.4) is 0 Å². The topological polar surface area (TPSA) is 54.9 Å². The van der Waals surface area contributed by atoms with Crippen molar-refractivity contribution in [3.63, 3.8) is 0 Å². The van der Waals surface area contributed by atoms with Gasteiger partial charge in [-0.25, -0.2) is 8.78 Å². The number of halogens is 2. The summed E-state index contributed by atoms with van der Waals surface area (Å²) in [4.78, 5) is 4.26. The van der Waals surface area contributed by atoms with Crippen LogP contribution in [0.2, 0.25) is 0 Å². The third-order valence-corrected chi connectivity index (χ3v) is 5.55. The number of rotatable bonds is 6. The lowest BCUT2D eigenvalue weighted by Gasteiger charge is -2.21. The molecule has 154 valence electrons. The number of hydrogen-bond donors (Lipinski definition) is 2. The van der Waals surface area contributed by atoms with Gasteiger partial charge in [0.2, 0.25) is 0 Å². The van der Waals surface area contributed by atoms with Crippen molar-refractivity contribution in [2.24, 2.45) is 4.99 Å². The van der Waals surface area contributed by atoms with Crippen molar-refractivity contribution in [3.05, 3.63) is 64.7 Å². The van der Waals surface area contributed by atoms with E-state index >= 15 is 0 Å². The number of nitrogens with one attached hydrogen (secondary N) is 2. The van der Waals surface area contributed by atoms with Gasteiger partial charge in [0.1, 0.15) is 17.4 Å². The number of aliphatic imine (C=N–C) groups is 1. The van der Waals surface area contributed by atoms with Gasteiger partial charge in [-0.1, -0.05) is 12.1 Å².